The Morgan fingerprint density at radius 3 is 2.25 bits per heavy atom. The molecule has 0 saturated carbocycles. The zero-order chi connectivity index (χ0) is 18.3. The molecule has 0 spiro atoms. The minimum Gasteiger partial charge on any atom is -0.460 e. The van der Waals surface area contributed by atoms with Gasteiger partial charge in [0.1, 0.15) is 12.7 Å². The number of ether oxygens (including phenoxy) is 5. The second-order valence-electron chi connectivity index (χ2n) is 4.97. The molecule has 1 rings (SSSR count). The highest BCUT2D eigenvalue weighted by Gasteiger charge is 2.60. The van der Waals surface area contributed by atoms with Gasteiger partial charge in [-0.3, -0.25) is 14.4 Å². The van der Waals surface area contributed by atoms with Crippen molar-refractivity contribution < 1.29 is 38.1 Å². The molecule has 1 saturated heterocycles. The molecule has 4 atom stereocenters. The fourth-order valence-electron chi connectivity index (χ4n) is 2.30. The molecule has 11 nitrogen and oxygen atoms in total. The molecule has 0 amide bonds. The van der Waals surface area contributed by atoms with Gasteiger partial charge in [0.25, 0.3) is 0 Å². The van der Waals surface area contributed by atoms with Crippen molar-refractivity contribution >= 4 is 17.9 Å². The van der Waals surface area contributed by atoms with Gasteiger partial charge in [-0.2, -0.15) is 0 Å². The fourth-order valence-corrected chi connectivity index (χ4v) is 2.30. The van der Waals surface area contributed by atoms with Gasteiger partial charge in [-0.25, -0.2) is 0 Å². The van der Waals surface area contributed by atoms with E-state index in [-0.39, 0.29) is 6.54 Å². The van der Waals surface area contributed by atoms with Gasteiger partial charge < -0.3 is 23.7 Å². The lowest BCUT2D eigenvalue weighted by Gasteiger charge is -2.32. The standard InChI is InChI=1S/C13H19N3O8/c1-7(17)21-6-13(20-4)12(23-9(3)19)11(22-8(2)18)10(24-13)5-15-16-14/h10-12H,5-6H2,1-4H3/t10-,11-,12+,13+/m1/s1. The van der Waals surface area contributed by atoms with E-state index in [2.05, 4.69) is 10.0 Å². The van der Waals surface area contributed by atoms with E-state index in [1.165, 1.54) is 14.0 Å². The third-order valence-electron chi connectivity index (χ3n) is 3.19. The second-order valence-corrected chi connectivity index (χ2v) is 4.97. The first-order valence-electron chi connectivity index (χ1n) is 6.97. The molecule has 0 aromatic rings. The molecule has 1 aliphatic rings. The van der Waals surface area contributed by atoms with E-state index in [0.29, 0.717) is 0 Å². The maximum absolute atomic E-state index is 11.4. The summed E-state index contributed by atoms with van der Waals surface area (Å²) in [4.78, 5) is 36.5. The predicted molar refractivity (Wildman–Crippen MR) is 76.4 cm³/mol. The smallest absolute Gasteiger partial charge is 0.303 e. The normalized spacial score (nSPS) is 28.6. The molecule has 11 heteroatoms. The molecular formula is C13H19N3O8. The summed E-state index contributed by atoms with van der Waals surface area (Å²) in [5.41, 5.74) is 8.48. The van der Waals surface area contributed by atoms with Crippen molar-refractivity contribution in [1.82, 2.24) is 0 Å². The van der Waals surface area contributed by atoms with Crippen LogP contribution in [0.2, 0.25) is 0 Å². The van der Waals surface area contributed by atoms with Crippen molar-refractivity contribution in [3.8, 4) is 0 Å². The Morgan fingerprint density at radius 1 is 1.17 bits per heavy atom. The van der Waals surface area contributed by atoms with Crippen molar-refractivity contribution in [3.63, 3.8) is 0 Å². The van der Waals surface area contributed by atoms with Crippen LogP contribution in [0, 0.1) is 0 Å². The van der Waals surface area contributed by atoms with Crippen LogP contribution in [-0.2, 0) is 38.1 Å². The number of methoxy groups -OCH3 is 1. The Morgan fingerprint density at radius 2 is 1.79 bits per heavy atom. The Hall–Kier alpha value is -2.36. The molecule has 0 N–H and O–H groups in total. The summed E-state index contributed by atoms with van der Waals surface area (Å²) in [7, 11) is 1.25. The summed E-state index contributed by atoms with van der Waals surface area (Å²) in [6.45, 7) is 2.87. The van der Waals surface area contributed by atoms with Crippen molar-refractivity contribution in [1.29, 1.82) is 0 Å². The summed E-state index contributed by atoms with van der Waals surface area (Å²) >= 11 is 0. The van der Waals surface area contributed by atoms with Crippen LogP contribution >= 0.6 is 0 Å². The van der Waals surface area contributed by atoms with Crippen molar-refractivity contribution in [2.24, 2.45) is 5.11 Å². The molecule has 1 heterocycles. The minimum atomic E-state index is -1.70. The van der Waals surface area contributed by atoms with Gasteiger partial charge in [-0.1, -0.05) is 5.11 Å². The summed E-state index contributed by atoms with van der Waals surface area (Å²) in [6, 6.07) is 0. The first-order valence-corrected chi connectivity index (χ1v) is 6.97. The predicted octanol–water partition coefficient (Wildman–Crippen LogP) is 0.465. The SMILES string of the molecule is CO[C@@]1(COC(C)=O)O[C@H](CN=[N+]=[N-])[C@@H](OC(C)=O)[C@@H]1OC(C)=O. The average Bonchev–Trinajstić information content (AvgIpc) is 2.76. The molecule has 134 valence electrons. The van der Waals surface area contributed by atoms with Crippen LogP contribution < -0.4 is 0 Å². The number of azide groups is 1. The maximum atomic E-state index is 11.4. The quantitative estimate of drug-likeness (QED) is 0.213. The molecule has 24 heavy (non-hydrogen) atoms. The molecule has 0 aromatic heterocycles. The molecule has 1 aliphatic heterocycles. The van der Waals surface area contributed by atoms with Crippen LogP contribution in [0.4, 0.5) is 0 Å². The van der Waals surface area contributed by atoms with Crippen molar-refractivity contribution in [3.05, 3.63) is 10.4 Å². The molecule has 0 radical (unpaired) electrons. The molecule has 1 fully saturated rings. The van der Waals surface area contributed by atoms with Gasteiger partial charge in [-0.15, -0.1) is 0 Å². The van der Waals surface area contributed by atoms with Crippen molar-refractivity contribution in [2.75, 3.05) is 20.3 Å². The number of nitrogens with zero attached hydrogens (tertiary/aromatic N) is 3. The molecular weight excluding hydrogens is 326 g/mol. The first kappa shape index (κ1) is 19.7. The third-order valence-corrected chi connectivity index (χ3v) is 3.19. The van der Waals surface area contributed by atoms with Gasteiger partial charge in [-0.05, 0) is 5.53 Å². The summed E-state index contributed by atoms with van der Waals surface area (Å²) in [5, 5.41) is 3.38. The lowest BCUT2D eigenvalue weighted by Crippen LogP contribution is -2.51. The summed E-state index contributed by atoms with van der Waals surface area (Å²) < 4.78 is 26.2. The molecule has 0 aliphatic carbocycles. The molecule has 0 unspecified atom stereocenters. The highest BCUT2D eigenvalue weighted by atomic mass is 16.8. The molecule has 0 bridgehead atoms. The number of rotatable bonds is 7. The fraction of sp³-hybridized carbons (Fsp3) is 0.769. The maximum Gasteiger partial charge on any atom is 0.303 e. The van der Waals surface area contributed by atoms with E-state index >= 15 is 0 Å². The Labute approximate surface area is 137 Å². The van der Waals surface area contributed by atoms with E-state index in [4.69, 9.17) is 29.2 Å². The lowest BCUT2D eigenvalue weighted by molar-refractivity contribution is -0.268. The number of carbonyl (C=O) groups is 3. The minimum absolute atomic E-state index is 0.211. The number of esters is 3. The van der Waals surface area contributed by atoms with E-state index in [0.717, 1.165) is 13.8 Å². The Balaban J connectivity index is 3.21. The number of hydrogen-bond donors (Lipinski definition) is 0. The monoisotopic (exact) mass is 345 g/mol. The van der Waals surface area contributed by atoms with E-state index in [9.17, 15) is 14.4 Å². The van der Waals surface area contributed by atoms with Gasteiger partial charge in [0.2, 0.25) is 5.79 Å². The topological polar surface area (TPSA) is 146 Å². The van der Waals surface area contributed by atoms with Crippen LogP contribution in [0.25, 0.3) is 10.4 Å². The zero-order valence-electron chi connectivity index (χ0n) is 13.8. The lowest BCUT2D eigenvalue weighted by atomic mass is 10.0. The summed E-state index contributed by atoms with van der Waals surface area (Å²) in [6.07, 6.45) is -3.28. The van der Waals surface area contributed by atoms with Crippen LogP contribution in [0.1, 0.15) is 20.8 Å². The van der Waals surface area contributed by atoms with Gasteiger partial charge in [0.05, 0.1) is 6.54 Å². The van der Waals surface area contributed by atoms with Crippen LogP contribution in [0.15, 0.2) is 5.11 Å². The number of carbonyl (C=O) groups excluding carboxylic acids is 3. The van der Waals surface area contributed by atoms with Gasteiger partial charge in [0, 0.05) is 32.8 Å². The average molecular weight is 345 g/mol. The number of hydrogen-bond acceptors (Lipinski definition) is 9. The van der Waals surface area contributed by atoms with E-state index in [1.807, 2.05) is 0 Å². The van der Waals surface area contributed by atoms with E-state index in [1.54, 1.807) is 0 Å². The van der Waals surface area contributed by atoms with Crippen LogP contribution in [0.3, 0.4) is 0 Å². The zero-order valence-corrected chi connectivity index (χ0v) is 13.8. The highest BCUT2D eigenvalue weighted by molar-refractivity contribution is 5.68. The Bertz CT molecular complexity index is 547. The van der Waals surface area contributed by atoms with Gasteiger partial charge in [0.15, 0.2) is 12.2 Å². The summed E-state index contributed by atoms with van der Waals surface area (Å²) in [5.74, 6) is -3.66. The third kappa shape index (κ3) is 4.82. The van der Waals surface area contributed by atoms with Crippen LogP contribution in [0.5, 0.6) is 0 Å². The molecule has 0 aromatic carbocycles. The van der Waals surface area contributed by atoms with Crippen molar-refractivity contribution in [2.45, 2.75) is 44.9 Å². The first-order chi connectivity index (χ1) is 11.3. The highest BCUT2D eigenvalue weighted by Crippen LogP contribution is 2.37. The van der Waals surface area contributed by atoms with Gasteiger partial charge >= 0.3 is 17.9 Å². The van der Waals surface area contributed by atoms with Crippen LogP contribution in [-0.4, -0.2) is 62.3 Å². The largest absolute Gasteiger partial charge is 0.460 e. The second kappa shape index (κ2) is 8.48. The Kier molecular flexibility index (Phi) is 6.96. The van der Waals surface area contributed by atoms with E-state index < -0.39 is 48.6 Å².